The van der Waals surface area contributed by atoms with Crippen LogP contribution in [0.3, 0.4) is 0 Å². The van der Waals surface area contributed by atoms with Crippen LogP contribution in [0.5, 0.6) is 23.1 Å². The highest BCUT2D eigenvalue weighted by atomic mass is 16.5. The maximum absolute atomic E-state index is 12.4. The first-order chi connectivity index (χ1) is 18.8. The third-order valence-corrected chi connectivity index (χ3v) is 6.37. The van der Waals surface area contributed by atoms with Gasteiger partial charge in [0.1, 0.15) is 11.1 Å². The molecule has 1 aliphatic rings. The number of carbonyl (C=O) groups excluding carboxylic acids is 3. The zero-order chi connectivity index (χ0) is 28.1. The van der Waals surface area contributed by atoms with Crippen LogP contribution in [0.2, 0.25) is 0 Å². The highest BCUT2D eigenvalue weighted by molar-refractivity contribution is 6.34. The second-order valence-electron chi connectivity index (χ2n) is 8.92. The van der Waals surface area contributed by atoms with Crippen LogP contribution < -0.4 is 24.3 Å². The summed E-state index contributed by atoms with van der Waals surface area (Å²) in [5.74, 6) is 0.0640. The Hall–Kier alpha value is -4.68. The lowest BCUT2D eigenvalue weighted by Crippen LogP contribution is -2.48. The van der Waals surface area contributed by atoms with Gasteiger partial charge in [0.15, 0.2) is 17.3 Å². The van der Waals surface area contributed by atoms with E-state index in [2.05, 4.69) is 20.3 Å². The van der Waals surface area contributed by atoms with E-state index < -0.39 is 11.8 Å². The molecule has 3 heterocycles. The van der Waals surface area contributed by atoms with Crippen molar-refractivity contribution in [1.29, 1.82) is 0 Å². The van der Waals surface area contributed by atoms with Gasteiger partial charge in [-0.3, -0.25) is 19.4 Å². The number of nitrogens with one attached hydrogen (secondary N) is 1. The Bertz CT molecular complexity index is 1390. The topological polar surface area (TPSA) is 145 Å². The summed E-state index contributed by atoms with van der Waals surface area (Å²) in [4.78, 5) is 52.3. The number of nitrogens with zero attached hydrogens (tertiary/aromatic N) is 5. The van der Waals surface area contributed by atoms with Crippen LogP contribution in [-0.4, -0.2) is 97.6 Å². The average Bonchev–Trinajstić information content (AvgIpc) is 2.95. The van der Waals surface area contributed by atoms with Crippen molar-refractivity contribution >= 4 is 34.9 Å². The van der Waals surface area contributed by atoms with E-state index in [9.17, 15) is 14.4 Å². The molecule has 1 saturated heterocycles. The molecular formula is C26H30N6O7. The first kappa shape index (κ1) is 27.4. The van der Waals surface area contributed by atoms with Crippen molar-refractivity contribution in [2.75, 3.05) is 53.8 Å². The van der Waals surface area contributed by atoms with Crippen LogP contribution in [0.25, 0.3) is 22.4 Å². The molecule has 1 aliphatic heterocycles. The number of aromatic nitrogens is 3. The van der Waals surface area contributed by atoms with E-state index in [4.69, 9.17) is 18.9 Å². The Morgan fingerprint density at radius 1 is 1.08 bits per heavy atom. The molecule has 39 heavy (non-hydrogen) atoms. The maximum Gasteiger partial charge on any atom is 0.312 e. The second kappa shape index (κ2) is 11.8. The summed E-state index contributed by atoms with van der Waals surface area (Å²) in [7, 11) is 7.52. The van der Waals surface area contributed by atoms with Gasteiger partial charge >= 0.3 is 11.8 Å². The lowest BCUT2D eigenvalue weighted by molar-refractivity contribution is -0.150. The molecule has 1 fully saturated rings. The van der Waals surface area contributed by atoms with Gasteiger partial charge in [-0.05, 0) is 25.0 Å². The smallest absolute Gasteiger partial charge is 0.312 e. The Morgan fingerprint density at radius 2 is 1.79 bits per heavy atom. The van der Waals surface area contributed by atoms with Crippen molar-refractivity contribution in [3.63, 3.8) is 0 Å². The van der Waals surface area contributed by atoms with Crippen LogP contribution in [0.4, 0.5) is 5.69 Å². The molecule has 0 spiro atoms. The van der Waals surface area contributed by atoms with Gasteiger partial charge in [0, 0.05) is 45.5 Å². The van der Waals surface area contributed by atoms with E-state index in [0.29, 0.717) is 59.7 Å². The number of amides is 2. The number of ether oxygens (including phenoxy) is 4. The Kier molecular flexibility index (Phi) is 8.27. The number of benzene rings is 1. The summed E-state index contributed by atoms with van der Waals surface area (Å²) in [5, 5.41) is 3.80. The fourth-order valence-corrected chi connectivity index (χ4v) is 4.44. The van der Waals surface area contributed by atoms with E-state index in [-0.39, 0.29) is 30.0 Å². The van der Waals surface area contributed by atoms with E-state index >= 15 is 0 Å². The number of pyridine rings is 1. The molecule has 0 atom stereocenters. The van der Waals surface area contributed by atoms with Crippen LogP contribution in [-0.2, 0) is 14.4 Å². The lowest BCUT2D eigenvalue weighted by Gasteiger charge is -2.33. The summed E-state index contributed by atoms with van der Waals surface area (Å²) in [6.07, 6.45) is 2.87. The fourth-order valence-electron chi connectivity index (χ4n) is 4.44. The van der Waals surface area contributed by atoms with Gasteiger partial charge in [0.2, 0.25) is 11.6 Å². The molecule has 0 radical (unpaired) electrons. The normalized spacial score (nSPS) is 13.5. The molecule has 0 saturated carbocycles. The third-order valence-electron chi connectivity index (χ3n) is 6.37. The zero-order valence-corrected chi connectivity index (χ0v) is 22.4. The molecule has 13 heteroatoms. The fraction of sp³-hybridized carbons (Fsp3) is 0.385. The van der Waals surface area contributed by atoms with Gasteiger partial charge in [-0.2, -0.15) is 4.98 Å². The highest BCUT2D eigenvalue weighted by Crippen LogP contribution is 2.46. The Balaban J connectivity index is 1.67. The van der Waals surface area contributed by atoms with E-state index in [1.54, 1.807) is 37.3 Å². The van der Waals surface area contributed by atoms with Gasteiger partial charge in [-0.1, -0.05) is 0 Å². The van der Waals surface area contributed by atoms with Crippen molar-refractivity contribution in [3.05, 3.63) is 24.4 Å². The first-order valence-corrected chi connectivity index (χ1v) is 12.2. The van der Waals surface area contributed by atoms with Gasteiger partial charge in [0.05, 0.1) is 32.5 Å². The predicted molar refractivity (Wildman–Crippen MR) is 141 cm³/mol. The third kappa shape index (κ3) is 5.47. The first-order valence-electron chi connectivity index (χ1n) is 12.2. The van der Waals surface area contributed by atoms with Crippen molar-refractivity contribution in [1.82, 2.24) is 24.8 Å². The zero-order valence-electron chi connectivity index (χ0n) is 22.4. The Labute approximate surface area is 225 Å². The minimum atomic E-state index is -0.538. The number of hydrogen-bond donors (Lipinski definition) is 1. The maximum atomic E-state index is 12.4. The van der Waals surface area contributed by atoms with Crippen LogP contribution in [0, 0.1) is 0 Å². The number of hydrogen-bond acceptors (Lipinski definition) is 11. The molecule has 206 valence electrons. The number of rotatable bonds is 8. The standard InChI is InChI=1S/C26H30N6O7/c1-31(2)25(34)26(35)32-11-8-15(9-12-32)28-16-7-6-10-27-20(16)23-29-17-13-18(36-3)21(37-4)22(38-5)19(17)24(30-23)39-14-33/h6-7,10,13-15,28H,8-9,11-12H2,1-5H3. The lowest BCUT2D eigenvalue weighted by atomic mass is 10.0. The monoisotopic (exact) mass is 538 g/mol. The quantitative estimate of drug-likeness (QED) is 0.331. The predicted octanol–water partition coefficient (Wildman–Crippen LogP) is 1.74. The van der Waals surface area contributed by atoms with Crippen molar-refractivity contribution < 1.29 is 33.3 Å². The van der Waals surface area contributed by atoms with Gasteiger partial charge in [-0.15, -0.1) is 0 Å². The summed E-state index contributed by atoms with van der Waals surface area (Å²) in [5.41, 5.74) is 1.49. The molecule has 2 amide bonds. The molecule has 1 aromatic carbocycles. The highest BCUT2D eigenvalue weighted by Gasteiger charge is 2.29. The van der Waals surface area contributed by atoms with E-state index in [1.807, 2.05) is 6.07 Å². The van der Waals surface area contributed by atoms with Crippen LogP contribution >= 0.6 is 0 Å². The summed E-state index contributed by atoms with van der Waals surface area (Å²) >= 11 is 0. The largest absolute Gasteiger partial charge is 0.493 e. The number of likely N-dealkylation sites (tertiary alicyclic amines) is 1. The number of piperidine rings is 1. The molecule has 3 aromatic rings. The van der Waals surface area contributed by atoms with E-state index in [0.717, 1.165) is 0 Å². The minimum absolute atomic E-state index is 0.0158. The second-order valence-corrected chi connectivity index (χ2v) is 8.92. The number of anilines is 1. The van der Waals surface area contributed by atoms with Gasteiger partial charge in [-0.25, -0.2) is 4.98 Å². The summed E-state index contributed by atoms with van der Waals surface area (Å²) in [6, 6.07) is 5.28. The van der Waals surface area contributed by atoms with Crippen LogP contribution in [0.15, 0.2) is 24.4 Å². The van der Waals surface area contributed by atoms with E-state index in [1.165, 1.54) is 26.2 Å². The molecule has 0 bridgehead atoms. The molecule has 13 nitrogen and oxygen atoms in total. The molecule has 2 aromatic heterocycles. The van der Waals surface area contributed by atoms with Gasteiger partial charge < -0.3 is 34.1 Å². The van der Waals surface area contributed by atoms with Crippen molar-refractivity contribution in [2.45, 2.75) is 18.9 Å². The average molecular weight is 539 g/mol. The minimum Gasteiger partial charge on any atom is -0.493 e. The molecular weight excluding hydrogens is 508 g/mol. The molecule has 1 N–H and O–H groups in total. The van der Waals surface area contributed by atoms with Crippen LogP contribution in [0.1, 0.15) is 12.8 Å². The molecule has 4 rings (SSSR count). The Morgan fingerprint density at radius 3 is 2.41 bits per heavy atom. The summed E-state index contributed by atoms with van der Waals surface area (Å²) < 4.78 is 21.7. The summed E-state index contributed by atoms with van der Waals surface area (Å²) in [6.45, 7) is 1.16. The molecule has 0 aliphatic carbocycles. The van der Waals surface area contributed by atoms with Gasteiger partial charge in [0.25, 0.3) is 6.47 Å². The van der Waals surface area contributed by atoms with Crippen molar-refractivity contribution in [2.24, 2.45) is 0 Å². The SMILES string of the molecule is COc1cc2nc(-c3ncccc3NC3CCN(C(=O)C(=O)N(C)C)CC3)nc(OC=O)c2c(OC)c1OC. The number of carbonyl (C=O) groups is 3. The number of fused-ring (bicyclic) bond motifs is 1. The number of methoxy groups -OCH3 is 3. The number of likely N-dealkylation sites (N-methyl/N-ethyl adjacent to an activating group) is 1. The molecule has 0 unspecified atom stereocenters. The van der Waals surface area contributed by atoms with Crippen molar-refractivity contribution in [3.8, 4) is 34.6 Å².